The third-order valence-corrected chi connectivity index (χ3v) is 1.39. The number of oxazole rings is 1. The van der Waals surface area contributed by atoms with Crippen LogP contribution in [-0.4, -0.2) is 16.9 Å². The average molecular weight is 179 g/mol. The molecule has 1 aromatic rings. The van der Waals surface area contributed by atoms with E-state index in [1.54, 1.807) is 13.8 Å². The van der Waals surface area contributed by atoms with Crippen LogP contribution in [0.3, 0.4) is 0 Å². The highest BCUT2D eigenvalue weighted by molar-refractivity contribution is 5.92. The van der Waals surface area contributed by atoms with Gasteiger partial charge in [-0.25, -0.2) is 4.98 Å². The summed E-state index contributed by atoms with van der Waals surface area (Å²) in [5.74, 6) is 0.0284. The first-order chi connectivity index (χ1) is 6.13. The van der Waals surface area contributed by atoms with Gasteiger partial charge in [0, 0.05) is 6.92 Å². The number of carbonyl (C=O) groups excluding carboxylic acids is 1. The Morgan fingerprint density at radius 2 is 2.54 bits per heavy atom. The van der Waals surface area contributed by atoms with Crippen LogP contribution in [0.2, 0.25) is 0 Å². The molecule has 0 unspecified atom stereocenters. The van der Waals surface area contributed by atoms with Gasteiger partial charge in [0.05, 0.1) is 6.07 Å². The largest absolute Gasteiger partial charge is 0.448 e. The predicted molar refractivity (Wildman–Crippen MR) is 43.8 cm³/mol. The highest BCUT2D eigenvalue weighted by Gasteiger charge is 2.12. The molecule has 1 amide bonds. The van der Waals surface area contributed by atoms with E-state index >= 15 is 0 Å². The number of amides is 1. The van der Waals surface area contributed by atoms with Crippen molar-refractivity contribution < 1.29 is 9.21 Å². The Labute approximate surface area is 75.4 Å². The number of hydrogen-bond donors (Lipinski definition) is 1. The number of nitriles is 1. The van der Waals surface area contributed by atoms with Gasteiger partial charge in [-0.2, -0.15) is 5.26 Å². The van der Waals surface area contributed by atoms with Gasteiger partial charge in [-0.15, -0.1) is 0 Å². The molecule has 1 N–H and O–H groups in total. The molecule has 0 saturated heterocycles. The van der Waals surface area contributed by atoms with E-state index in [2.05, 4.69) is 10.3 Å². The van der Waals surface area contributed by atoms with Gasteiger partial charge in [0.15, 0.2) is 11.6 Å². The van der Waals surface area contributed by atoms with E-state index in [1.807, 2.05) is 6.07 Å². The number of nitrogens with zero attached hydrogens (tertiary/aromatic N) is 2. The van der Waals surface area contributed by atoms with Gasteiger partial charge < -0.3 is 9.73 Å². The Morgan fingerprint density at radius 3 is 3.00 bits per heavy atom. The van der Waals surface area contributed by atoms with Gasteiger partial charge in [0.1, 0.15) is 12.3 Å². The predicted octanol–water partition coefficient (Wildman–Crippen LogP) is 0.625. The molecule has 0 aliphatic rings. The molecule has 0 bridgehead atoms. The maximum absolute atomic E-state index is 11.2. The summed E-state index contributed by atoms with van der Waals surface area (Å²) in [6, 6.07) is 1.36. The molecule has 0 saturated carbocycles. The summed E-state index contributed by atoms with van der Waals surface area (Å²) in [5, 5.41) is 10.9. The summed E-state index contributed by atoms with van der Waals surface area (Å²) in [6.45, 7) is 3.23. The number of carbonyl (C=O) groups is 1. The number of nitrogens with one attached hydrogen (secondary N) is 1. The standard InChI is InChI=1S/C8H9N3O2/c1-5(3-9)10-8(12)7-4-13-6(2)11-7/h4-5H,1-2H3,(H,10,12)/t5-/m1/s1. The van der Waals surface area contributed by atoms with Gasteiger partial charge in [-0.1, -0.05) is 0 Å². The van der Waals surface area contributed by atoms with Crippen LogP contribution in [0.1, 0.15) is 23.3 Å². The third kappa shape index (κ3) is 2.30. The normalized spacial score (nSPS) is 11.8. The first kappa shape index (κ1) is 9.26. The Bertz CT molecular complexity index is 351. The van der Waals surface area contributed by atoms with Crippen molar-refractivity contribution >= 4 is 5.91 Å². The summed E-state index contributed by atoms with van der Waals surface area (Å²) in [6.07, 6.45) is 1.26. The van der Waals surface area contributed by atoms with Crippen molar-refractivity contribution in [2.24, 2.45) is 0 Å². The maximum atomic E-state index is 11.2. The van der Waals surface area contributed by atoms with Crippen LogP contribution < -0.4 is 5.32 Å². The minimum Gasteiger partial charge on any atom is -0.448 e. The van der Waals surface area contributed by atoms with E-state index in [0.29, 0.717) is 5.89 Å². The number of hydrogen-bond acceptors (Lipinski definition) is 4. The lowest BCUT2D eigenvalue weighted by molar-refractivity contribution is 0.0943. The summed E-state index contributed by atoms with van der Waals surface area (Å²) >= 11 is 0. The lowest BCUT2D eigenvalue weighted by Gasteiger charge is -2.02. The molecule has 5 heteroatoms. The molecule has 0 aliphatic carbocycles. The van der Waals surface area contributed by atoms with Crippen LogP contribution >= 0.6 is 0 Å². The maximum Gasteiger partial charge on any atom is 0.274 e. The average Bonchev–Trinajstić information content (AvgIpc) is 2.51. The molecule has 1 atom stereocenters. The highest BCUT2D eigenvalue weighted by atomic mass is 16.3. The molecule has 0 aromatic carbocycles. The zero-order valence-corrected chi connectivity index (χ0v) is 7.37. The van der Waals surface area contributed by atoms with Gasteiger partial charge in [-0.05, 0) is 6.92 Å². The van der Waals surface area contributed by atoms with Crippen molar-refractivity contribution in [2.75, 3.05) is 0 Å². The van der Waals surface area contributed by atoms with Crippen molar-refractivity contribution in [2.45, 2.75) is 19.9 Å². The molecule has 0 spiro atoms. The summed E-state index contributed by atoms with van der Waals surface area (Å²) in [4.78, 5) is 15.1. The van der Waals surface area contributed by atoms with Gasteiger partial charge >= 0.3 is 0 Å². The molecular weight excluding hydrogens is 170 g/mol. The van der Waals surface area contributed by atoms with Gasteiger partial charge in [0.2, 0.25) is 0 Å². The van der Waals surface area contributed by atoms with Crippen LogP contribution in [0, 0.1) is 18.3 Å². The number of rotatable bonds is 2. The smallest absolute Gasteiger partial charge is 0.274 e. The SMILES string of the molecule is Cc1nc(C(=O)N[C@H](C)C#N)co1. The van der Waals surface area contributed by atoms with Crippen LogP contribution in [0.4, 0.5) is 0 Å². The first-order valence-electron chi connectivity index (χ1n) is 3.76. The Kier molecular flexibility index (Phi) is 2.65. The van der Waals surface area contributed by atoms with Crippen LogP contribution in [0.15, 0.2) is 10.7 Å². The third-order valence-electron chi connectivity index (χ3n) is 1.39. The fourth-order valence-electron chi connectivity index (χ4n) is 0.771. The van der Waals surface area contributed by atoms with Gasteiger partial charge in [0.25, 0.3) is 5.91 Å². The second-order valence-electron chi connectivity index (χ2n) is 2.58. The van der Waals surface area contributed by atoms with Crippen molar-refractivity contribution in [3.05, 3.63) is 17.8 Å². The molecule has 0 aliphatic heterocycles. The van der Waals surface area contributed by atoms with Crippen molar-refractivity contribution in [3.8, 4) is 6.07 Å². The van der Waals surface area contributed by atoms with E-state index in [9.17, 15) is 4.79 Å². The molecule has 68 valence electrons. The molecular formula is C8H9N3O2. The molecule has 5 nitrogen and oxygen atoms in total. The zero-order chi connectivity index (χ0) is 9.84. The van der Waals surface area contributed by atoms with E-state index in [-0.39, 0.29) is 5.69 Å². The van der Waals surface area contributed by atoms with Crippen LogP contribution in [0.25, 0.3) is 0 Å². The van der Waals surface area contributed by atoms with Crippen LogP contribution in [0.5, 0.6) is 0 Å². The van der Waals surface area contributed by atoms with Crippen LogP contribution in [-0.2, 0) is 0 Å². The molecule has 13 heavy (non-hydrogen) atoms. The van der Waals surface area contributed by atoms with E-state index < -0.39 is 11.9 Å². The lowest BCUT2D eigenvalue weighted by atomic mass is 10.3. The van der Waals surface area contributed by atoms with E-state index in [0.717, 1.165) is 0 Å². The molecule has 1 aromatic heterocycles. The summed E-state index contributed by atoms with van der Waals surface area (Å²) < 4.78 is 4.85. The molecule has 1 rings (SSSR count). The van der Waals surface area contributed by atoms with Gasteiger partial charge in [-0.3, -0.25) is 4.79 Å². The molecule has 1 heterocycles. The Hall–Kier alpha value is -1.83. The second-order valence-corrected chi connectivity index (χ2v) is 2.58. The monoisotopic (exact) mass is 179 g/mol. The highest BCUT2D eigenvalue weighted by Crippen LogP contribution is 1.99. The molecule has 0 radical (unpaired) electrons. The minimum absolute atomic E-state index is 0.194. The minimum atomic E-state index is -0.524. The zero-order valence-electron chi connectivity index (χ0n) is 7.37. The van der Waals surface area contributed by atoms with Crippen molar-refractivity contribution in [3.63, 3.8) is 0 Å². The van der Waals surface area contributed by atoms with E-state index in [1.165, 1.54) is 6.26 Å². The summed E-state index contributed by atoms with van der Waals surface area (Å²) in [5.41, 5.74) is 0.194. The summed E-state index contributed by atoms with van der Waals surface area (Å²) in [7, 11) is 0. The van der Waals surface area contributed by atoms with E-state index in [4.69, 9.17) is 9.68 Å². The first-order valence-corrected chi connectivity index (χ1v) is 3.76. The number of aromatic nitrogens is 1. The second kappa shape index (κ2) is 3.72. The lowest BCUT2D eigenvalue weighted by Crippen LogP contribution is -2.31. The molecule has 0 fully saturated rings. The Morgan fingerprint density at radius 1 is 1.85 bits per heavy atom. The number of aryl methyl sites for hydroxylation is 1. The van der Waals surface area contributed by atoms with Crippen molar-refractivity contribution in [1.29, 1.82) is 5.26 Å². The fourth-order valence-corrected chi connectivity index (χ4v) is 0.771. The fraction of sp³-hybridized carbons (Fsp3) is 0.375. The topological polar surface area (TPSA) is 78.9 Å². The van der Waals surface area contributed by atoms with Crippen molar-refractivity contribution in [1.82, 2.24) is 10.3 Å². The Balaban J connectivity index is 2.65. The quantitative estimate of drug-likeness (QED) is 0.721.